The number of hydrogen-bond acceptors (Lipinski definition) is 5. The minimum Gasteiger partial charge on any atom is -0.506 e. The SMILES string of the molecule is NOCc1c(O)c(Cl)cc2c1OCCO2. The third kappa shape index (κ3) is 1.81. The van der Waals surface area contributed by atoms with Crippen LogP contribution in [0.5, 0.6) is 17.2 Å². The average Bonchev–Trinajstić information content (AvgIpc) is 2.25. The van der Waals surface area contributed by atoms with Crippen LogP contribution in [-0.4, -0.2) is 18.3 Å². The summed E-state index contributed by atoms with van der Waals surface area (Å²) in [5.41, 5.74) is 0.403. The van der Waals surface area contributed by atoms with Gasteiger partial charge in [0.1, 0.15) is 25.6 Å². The van der Waals surface area contributed by atoms with Crippen LogP contribution in [0.25, 0.3) is 0 Å². The lowest BCUT2D eigenvalue weighted by atomic mass is 10.1. The molecule has 0 spiro atoms. The van der Waals surface area contributed by atoms with Crippen molar-refractivity contribution in [3.05, 3.63) is 16.7 Å². The zero-order valence-electron chi connectivity index (χ0n) is 7.83. The van der Waals surface area contributed by atoms with E-state index in [-0.39, 0.29) is 17.4 Å². The molecule has 0 aliphatic carbocycles. The van der Waals surface area contributed by atoms with Crippen LogP contribution in [0.4, 0.5) is 0 Å². The van der Waals surface area contributed by atoms with Gasteiger partial charge >= 0.3 is 0 Å². The molecule has 2 rings (SSSR count). The molecule has 0 unspecified atom stereocenters. The number of fused-ring (bicyclic) bond motifs is 1. The summed E-state index contributed by atoms with van der Waals surface area (Å²) in [5.74, 6) is 5.81. The van der Waals surface area contributed by atoms with Gasteiger partial charge in [-0.25, -0.2) is 5.90 Å². The van der Waals surface area contributed by atoms with Crippen molar-refractivity contribution in [3.63, 3.8) is 0 Å². The van der Waals surface area contributed by atoms with Crippen LogP contribution in [0.3, 0.4) is 0 Å². The van der Waals surface area contributed by atoms with Crippen molar-refractivity contribution < 1.29 is 19.4 Å². The fourth-order valence-electron chi connectivity index (χ4n) is 1.43. The van der Waals surface area contributed by atoms with E-state index < -0.39 is 0 Å². The molecule has 3 N–H and O–H groups in total. The fraction of sp³-hybridized carbons (Fsp3) is 0.333. The summed E-state index contributed by atoms with van der Waals surface area (Å²) in [6, 6.07) is 1.51. The van der Waals surface area contributed by atoms with Crippen molar-refractivity contribution in [1.29, 1.82) is 0 Å². The predicted octanol–water partition coefficient (Wildman–Crippen LogP) is 1.21. The summed E-state index contributed by atoms with van der Waals surface area (Å²) in [6.45, 7) is 0.890. The van der Waals surface area contributed by atoms with E-state index in [9.17, 15) is 5.11 Å². The number of rotatable bonds is 2. The van der Waals surface area contributed by atoms with Crippen LogP contribution in [-0.2, 0) is 11.4 Å². The van der Waals surface area contributed by atoms with Crippen molar-refractivity contribution in [1.82, 2.24) is 0 Å². The molecule has 1 aromatic carbocycles. The molecule has 0 amide bonds. The maximum Gasteiger partial charge on any atom is 0.170 e. The molecule has 0 aromatic heterocycles. The first-order valence-corrected chi connectivity index (χ1v) is 4.73. The second-order valence-electron chi connectivity index (χ2n) is 3.02. The largest absolute Gasteiger partial charge is 0.506 e. The van der Waals surface area contributed by atoms with Crippen LogP contribution in [0, 0.1) is 0 Å². The van der Waals surface area contributed by atoms with Gasteiger partial charge in [-0.15, -0.1) is 0 Å². The van der Waals surface area contributed by atoms with Crippen molar-refractivity contribution in [2.75, 3.05) is 13.2 Å². The number of ether oxygens (including phenoxy) is 2. The van der Waals surface area contributed by atoms with Crippen molar-refractivity contribution in [3.8, 4) is 17.2 Å². The number of phenols is 1. The molecule has 1 aromatic rings. The Balaban J connectivity index is 2.52. The number of hydrogen-bond donors (Lipinski definition) is 2. The van der Waals surface area contributed by atoms with E-state index in [1.165, 1.54) is 6.07 Å². The van der Waals surface area contributed by atoms with Crippen molar-refractivity contribution in [2.24, 2.45) is 5.90 Å². The van der Waals surface area contributed by atoms with E-state index >= 15 is 0 Å². The minimum atomic E-state index is -0.0913. The van der Waals surface area contributed by atoms with Gasteiger partial charge in [-0.2, -0.15) is 0 Å². The van der Waals surface area contributed by atoms with Crippen LogP contribution < -0.4 is 15.4 Å². The van der Waals surface area contributed by atoms with Crippen molar-refractivity contribution in [2.45, 2.75) is 6.61 Å². The van der Waals surface area contributed by atoms with Crippen LogP contribution in [0.1, 0.15) is 5.56 Å². The molecule has 5 nitrogen and oxygen atoms in total. The maximum atomic E-state index is 9.68. The van der Waals surface area contributed by atoms with Gasteiger partial charge in [0.05, 0.1) is 10.6 Å². The van der Waals surface area contributed by atoms with Gasteiger partial charge in [0.15, 0.2) is 11.5 Å². The lowest BCUT2D eigenvalue weighted by Gasteiger charge is -2.22. The molecule has 1 aliphatic rings. The molecule has 0 saturated heterocycles. The second kappa shape index (κ2) is 4.14. The molecule has 0 fully saturated rings. The summed E-state index contributed by atoms with van der Waals surface area (Å²) in [4.78, 5) is 4.48. The fourth-order valence-corrected chi connectivity index (χ4v) is 1.64. The van der Waals surface area contributed by atoms with Gasteiger partial charge < -0.3 is 14.6 Å². The quantitative estimate of drug-likeness (QED) is 0.749. The van der Waals surface area contributed by atoms with Gasteiger partial charge in [0.25, 0.3) is 0 Å². The molecule has 0 saturated carbocycles. The molecule has 15 heavy (non-hydrogen) atoms. The van der Waals surface area contributed by atoms with Crippen LogP contribution >= 0.6 is 11.6 Å². The normalized spacial score (nSPS) is 14.0. The summed E-state index contributed by atoms with van der Waals surface area (Å²) in [5, 5.41) is 9.87. The van der Waals surface area contributed by atoms with E-state index in [2.05, 4.69) is 4.84 Å². The number of halogens is 1. The second-order valence-corrected chi connectivity index (χ2v) is 3.43. The molecule has 82 valence electrons. The highest BCUT2D eigenvalue weighted by Gasteiger charge is 2.22. The van der Waals surface area contributed by atoms with Gasteiger partial charge in [-0.3, -0.25) is 4.84 Å². The molecule has 0 radical (unpaired) electrons. The maximum absolute atomic E-state index is 9.68. The zero-order valence-corrected chi connectivity index (χ0v) is 8.58. The molecule has 1 aliphatic heterocycles. The highest BCUT2D eigenvalue weighted by molar-refractivity contribution is 6.32. The lowest BCUT2D eigenvalue weighted by Crippen LogP contribution is -2.17. The Morgan fingerprint density at radius 1 is 1.47 bits per heavy atom. The monoisotopic (exact) mass is 231 g/mol. The molecular formula is C9H10ClNO4. The van der Waals surface area contributed by atoms with E-state index in [1.807, 2.05) is 0 Å². The Labute approximate surface area is 91.3 Å². The Kier molecular flexibility index (Phi) is 2.86. The van der Waals surface area contributed by atoms with Crippen molar-refractivity contribution >= 4 is 11.6 Å². The van der Waals surface area contributed by atoms with Gasteiger partial charge in [0.2, 0.25) is 0 Å². The Bertz CT molecular complexity index is 383. The van der Waals surface area contributed by atoms with Gasteiger partial charge in [0, 0.05) is 6.07 Å². The summed E-state index contributed by atoms with van der Waals surface area (Å²) in [6.07, 6.45) is 0. The van der Waals surface area contributed by atoms with Crippen LogP contribution in [0.2, 0.25) is 5.02 Å². The Hall–Kier alpha value is -1.17. The molecule has 1 heterocycles. The minimum absolute atomic E-state index is 0.0120. The molecule has 0 atom stereocenters. The van der Waals surface area contributed by atoms with E-state index in [1.54, 1.807) is 0 Å². The Morgan fingerprint density at radius 2 is 2.20 bits per heavy atom. The van der Waals surface area contributed by atoms with Gasteiger partial charge in [-0.05, 0) is 0 Å². The smallest absolute Gasteiger partial charge is 0.170 e. The molecular weight excluding hydrogens is 222 g/mol. The first-order valence-electron chi connectivity index (χ1n) is 4.35. The number of phenolic OH excluding ortho intramolecular Hbond substituents is 1. The summed E-state index contributed by atoms with van der Waals surface area (Å²) >= 11 is 5.80. The Morgan fingerprint density at radius 3 is 2.93 bits per heavy atom. The highest BCUT2D eigenvalue weighted by atomic mass is 35.5. The number of nitrogens with two attached hydrogens (primary N) is 1. The van der Waals surface area contributed by atoms with E-state index in [4.69, 9.17) is 27.0 Å². The topological polar surface area (TPSA) is 73.9 Å². The average molecular weight is 232 g/mol. The first kappa shape index (κ1) is 10.4. The molecule has 6 heteroatoms. The zero-order chi connectivity index (χ0) is 10.8. The number of aromatic hydroxyl groups is 1. The highest BCUT2D eigenvalue weighted by Crippen LogP contribution is 2.43. The third-order valence-corrected chi connectivity index (χ3v) is 2.37. The van der Waals surface area contributed by atoms with Crippen LogP contribution in [0.15, 0.2) is 6.07 Å². The summed E-state index contributed by atoms with van der Waals surface area (Å²) in [7, 11) is 0. The third-order valence-electron chi connectivity index (χ3n) is 2.08. The standard InChI is InChI=1S/C9H10ClNO4/c10-6-3-7-9(14-2-1-13-7)5(4-15-11)8(6)12/h3,12H,1-2,4,11H2. The first-order chi connectivity index (χ1) is 7.24. The van der Waals surface area contributed by atoms with E-state index in [0.717, 1.165) is 0 Å². The predicted molar refractivity (Wildman–Crippen MR) is 53.1 cm³/mol. The lowest BCUT2D eigenvalue weighted by molar-refractivity contribution is 0.113. The van der Waals surface area contributed by atoms with E-state index in [0.29, 0.717) is 30.3 Å². The summed E-state index contributed by atoms with van der Waals surface area (Å²) < 4.78 is 10.7. The van der Waals surface area contributed by atoms with Gasteiger partial charge in [-0.1, -0.05) is 11.6 Å². The molecule has 0 bridgehead atoms. The number of benzene rings is 1.